The highest BCUT2D eigenvalue weighted by atomic mass is 19.3. The van der Waals surface area contributed by atoms with Crippen molar-refractivity contribution in [1.82, 2.24) is 4.98 Å². The van der Waals surface area contributed by atoms with Gasteiger partial charge in [0.1, 0.15) is 0 Å². The van der Waals surface area contributed by atoms with E-state index in [0.717, 1.165) is 24.5 Å². The van der Waals surface area contributed by atoms with Crippen LogP contribution in [0.1, 0.15) is 10.4 Å². The van der Waals surface area contributed by atoms with E-state index in [4.69, 9.17) is 0 Å². The van der Waals surface area contributed by atoms with Crippen molar-refractivity contribution in [3.63, 3.8) is 0 Å². The third kappa shape index (κ3) is 2.20. The van der Waals surface area contributed by atoms with E-state index >= 15 is 0 Å². The fourth-order valence-corrected chi connectivity index (χ4v) is 0.895. The van der Waals surface area contributed by atoms with Crippen molar-refractivity contribution >= 4 is 11.6 Å². The molecule has 80 valence electrons. The molecule has 0 bridgehead atoms. The molecule has 0 fully saturated rings. The number of nitrogens with zero attached hydrogens (tertiary/aromatic N) is 1. The van der Waals surface area contributed by atoms with Crippen molar-refractivity contribution in [2.75, 3.05) is 6.67 Å². The maximum absolute atomic E-state index is 12.9. The van der Waals surface area contributed by atoms with Gasteiger partial charge in [-0.15, -0.1) is 0 Å². The molecule has 1 heterocycles. The number of Topliss-reactive ketones (excluding diaryl/α,β-unsaturated/α-hetero) is 2. The van der Waals surface area contributed by atoms with E-state index in [-0.39, 0.29) is 5.56 Å². The summed E-state index contributed by atoms with van der Waals surface area (Å²) in [5.41, 5.74) is -0.378. The van der Waals surface area contributed by atoms with Gasteiger partial charge < -0.3 is 0 Å². The third-order valence-corrected chi connectivity index (χ3v) is 1.70. The standard InChI is InChI=1S/C9H6F3NO2/c10-5-7(14)9(11,12)8(15)6-1-3-13-4-2-6/h1-4H,5H2. The van der Waals surface area contributed by atoms with E-state index in [2.05, 4.69) is 4.98 Å². The van der Waals surface area contributed by atoms with Crippen LogP contribution in [0, 0.1) is 0 Å². The maximum Gasteiger partial charge on any atom is 0.369 e. The lowest BCUT2D eigenvalue weighted by molar-refractivity contribution is -0.137. The van der Waals surface area contributed by atoms with Crippen LogP contribution in [0.25, 0.3) is 0 Å². The lowest BCUT2D eigenvalue weighted by atomic mass is 10.0. The van der Waals surface area contributed by atoms with E-state index < -0.39 is 24.2 Å². The number of ketones is 2. The first-order valence-corrected chi connectivity index (χ1v) is 3.92. The van der Waals surface area contributed by atoms with E-state index in [1.165, 1.54) is 0 Å². The van der Waals surface area contributed by atoms with Crippen LogP contribution < -0.4 is 0 Å². The highest BCUT2D eigenvalue weighted by molar-refractivity contribution is 6.16. The van der Waals surface area contributed by atoms with Crippen LogP contribution in [0.15, 0.2) is 24.5 Å². The average molecular weight is 217 g/mol. The van der Waals surface area contributed by atoms with Crippen LogP contribution in [0.3, 0.4) is 0 Å². The molecule has 0 amide bonds. The van der Waals surface area contributed by atoms with Gasteiger partial charge >= 0.3 is 5.92 Å². The van der Waals surface area contributed by atoms with Crippen molar-refractivity contribution in [2.24, 2.45) is 0 Å². The molecular weight excluding hydrogens is 211 g/mol. The lowest BCUT2D eigenvalue weighted by Crippen LogP contribution is -2.39. The smallest absolute Gasteiger partial charge is 0.289 e. The Kier molecular flexibility index (Phi) is 3.18. The summed E-state index contributed by atoms with van der Waals surface area (Å²) >= 11 is 0. The SMILES string of the molecule is O=C(CF)C(F)(F)C(=O)c1ccncc1. The highest BCUT2D eigenvalue weighted by Gasteiger charge is 2.46. The number of carbonyl (C=O) groups is 2. The number of pyridine rings is 1. The van der Waals surface area contributed by atoms with Crippen molar-refractivity contribution < 1.29 is 22.8 Å². The Hall–Kier alpha value is -1.72. The van der Waals surface area contributed by atoms with Gasteiger partial charge in [0.25, 0.3) is 0 Å². The Labute approximate surface area is 82.9 Å². The van der Waals surface area contributed by atoms with Crippen LogP contribution in [-0.2, 0) is 4.79 Å². The van der Waals surface area contributed by atoms with Crippen LogP contribution in [-0.4, -0.2) is 29.1 Å². The predicted molar refractivity (Wildman–Crippen MR) is 44.5 cm³/mol. The number of carbonyl (C=O) groups excluding carboxylic acids is 2. The molecule has 1 aromatic rings. The first kappa shape index (κ1) is 11.4. The normalized spacial score (nSPS) is 11.1. The zero-order valence-electron chi connectivity index (χ0n) is 7.41. The topological polar surface area (TPSA) is 47.0 Å². The van der Waals surface area contributed by atoms with Crippen LogP contribution in [0.2, 0.25) is 0 Å². The Morgan fingerprint density at radius 2 is 1.80 bits per heavy atom. The fourth-order valence-electron chi connectivity index (χ4n) is 0.895. The molecule has 0 saturated carbocycles. The summed E-state index contributed by atoms with van der Waals surface area (Å²) in [6.45, 7) is -1.87. The Morgan fingerprint density at radius 1 is 1.27 bits per heavy atom. The van der Waals surface area contributed by atoms with Gasteiger partial charge in [0, 0.05) is 18.0 Å². The largest absolute Gasteiger partial charge is 0.369 e. The van der Waals surface area contributed by atoms with Gasteiger partial charge in [-0.3, -0.25) is 14.6 Å². The molecule has 0 saturated heterocycles. The zero-order valence-corrected chi connectivity index (χ0v) is 7.41. The van der Waals surface area contributed by atoms with E-state index in [9.17, 15) is 22.8 Å². The molecule has 0 aliphatic heterocycles. The second-order valence-electron chi connectivity index (χ2n) is 2.70. The number of hydrogen-bond donors (Lipinski definition) is 0. The molecule has 15 heavy (non-hydrogen) atoms. The van der Waals surface area contributed by atoms with Crippen molar-refractivity contribution in [3.8, 4) is 0 Å². The van der Waals surface area contributed by atoms with Crippen LogP contribution >= 0.6 is 0 Å². The van der Waals surface area contributed by atoms with Crippen molar-refractivity contribution in [3.05, 3.63) is 30.1 Å². The van der Waals surface area contributed by atoms with Gasteiger partial charge in [-0.1, -0.05) is 0 Å². The fraction of sp³-hybridized carbons (Fsp3) is 0.222. The highest BCUT2D eigenvalue weighted by Crippen LogP contribution is 2.21. The summed E-state index contributed by atoms with van der Waals surface area (Å²) < 4.78 is 37.6. The third-order valence-electron chi connectivity index (χ3n) is 1.70. The number of halogens is 3. The molecule has 0 spiro atoms. The first-order valence-electron chi connectivity index (χ1n) is 3.92. The molecule has 0 aliphatic rings. The quantitative estimate of drug-likeness (QED) is 0.566. The molecule has 0 N–H and O–H groups in total. The number of hydrogen-bond acceptors (Lipinski definition) is 3. The summed E-state index contributed by atoms with van der Waals surface area (Å²) in [6, 6.07) is 2.06. The Bertz CT molecular complexity index is 378. The average Bonchev–Trinajstić information content (AvgIpc) is 2.28. The number of alkyl halides is 3. The number of aromatic nitrogens is 1. The van der Waals surface area contributed by atoms with Crippen molar-refractivity contribution in [2.45, 2.75) is 5.92 Å². The van der Waals surface area contributed by atoms with Gasteiger partial charge in [-0.05, 0) is 12.1 Å². The minimum absolute atomic E-state index is 0.378. The summed E-state index contributed by atoms with van der Waals surface area (Å²) in [4.78, 5) is 25.1. The number of rotatable bonds is 4. The Balaban J connectivity index is 3.00. The van der Waals surface area contributed by atoms with Gasteiger partial charge in [0.05, 0.1) is 0 Å². The zero-order chi connectivity index (χ0) is 11.5. The van der Waals surface area contributed by atoms with Crippen LogP contribution in [0.4, 0.5) is 13.2 Å². The molecular formula is C9H6F3NO2. The second kappa shape index (κ2) is 4.20. The predicted octanol–water partition coefficient (Wildman–Crippen LogP) is 1.44. The molecule has 3 nitrogen and oxygen atoms in total. The molecule has 0 atom stereocenters. The van der Waals surface area contributed by atoms with E-state index in [0.29, 0.717) is 0 Å². The van der Waals surface area contributed by atoms with E-state index in [1.54, 1.807) is 0 Å². The minimum atomic E-state index is -4.31. The summed E-state index contributed by atoms with van der Waals surface area (Å²) in [7, 11) is 0. The summed E-state index contributed by atoms with van der Waals surface area (Å²) in [6.07, 6.45) is 2.26. The minimum Gasteiger partial charge on any atom is -0.289 e. The van der Waals surface area contributed by atoms with Gasteiger partial charge in [-0.2, -0.15) is 8.78 Å². The monoisotopic (exact) mass is 217 g/mol. The molecule has 1 rings (SSSR count). The van der Waals surface area contributed by atoms with Crippen molar-refractivity contribution in [1.29, 1.82) is 0 Å². The molecule has 0 aromatic carbocycles. The van der Waals surface area contributed by atoms with Gasteiger partial charge in [-0.25, -0.2) is 4.39 Å². The Morgan fingerprint density at radius 3 is 2.27 bits per heavy atom. The second-order valence-corrected chi connectivity index (χ2v) is 2.70. The van der Waals surface area contributed by atoms with Crippen LogP contribution in [0.5, 0.6) is 0 Å². The first-order chi connectivity index (χ1) is 7.00. The summed E-state index contributed by atoms with van der Waals surface area (Å²) in [5.74, 6) is -8.06. The molecule has 6 heteroatoms. The van der Waals surface area contributed by atoms with E-state index in [1.807, 2.05) is 0 Å². The lowest BCUT2D eigenvalue weighted by Gasteiger charge is -2.11. The maximum atomic E-state index is 12.9. The summed E-state index contributed by atoms with van der Waals surface area (Å²) in [5, 5.41) is 0. The molecule has 0 radical (unpaired) electrons. The molecule has 0 unspecified atom stereocenters. The molecule has 1 aromatic heterocycles. The van der Waals surface area contributed by atoms with Gasteiger partial charge in [0.2, 0.25) is 11.6 Å². The van der Waals surface area contributed by atoms with Gasteiger partial charge in [0.15, 0.2) is 6.67 Å². The molecule has 0 aliphatic carbocycles.